The van der Waals surface area contributed by atoms with Crippen LogP contribution in [0.5, 0.6) is 11.5 Å². The first kappa shape index (κ1) is 12.2. The van der Waals surface area contributed by atoms with Crippen LogP contribution in [0.25, 0.3) is 0 Å². The largest absolute Gasteiger partial charge is 0.497 e. The van der Waals surface area contributed by atoms with E-state index in [1.54, 1.807) is 31.5 Å². The molecule has 0 saturated carbocycles. The molecule has 4 nitrogen and oxygen atoms in total. The van der Waals surface area contributed by atoms with Gasteiger partial charge in [-0.3, -0.25) is 4.79 Å². The van der Waals surface area contributed by atoms with Crippen molar-refractivity contribution in [3.63, 3.8) is 0 Å². The normalized spacial score (nSPS) is 21.7. The van der Waals surface area contributed by atoms with Crippen LogP contribution in [0.1, 0.15) is 28.2 Å². The second-order valence-electron chi connectivity index (χ2n) is 4.40. The van der Waals surface area contributed by atoms with Gasteiger partial charge in [0.25, 0.3) is 0 Å². The van der Waals surface area contributed by atoms with Crippen molar-refractivity contribution < 1.29 is 14.3 Å². The first-order valence-electron chi connectivity index (χ1n) is 5.99. The minimum atomic E-state index is -0.334. The van der Waals surface area contributed by atoms with Crippen LogP contribution in [0.3, 0.4) is 0 Å². The van der Waals surface area contributed by atoms with E-state index in [4.69, 9.17) is 9.47 Å². The Bertz CT molecular complexity index is 609. The summed E-state index contributed by atoms with van der Waals surface area (Å²) in [6.45, 7) is 1.90. The second kappa shape index (κ2) is 4.66. The molecule has 2 atom stereocenters. The van der Waals surface area contributed by atoms with Crippen LogP contribution in [0.4, 0.5) is 0 Å². The van der Waals surface area contributed by atoms with Crippen molar-refractivity contribution in [2.75, 3.05) is 7.11 Å². The van der Waals surface area contributed by atoms with E-state index in [2.05, 4.69) is 4.98 Å². The fourth-order valence-corrected chi connectivity index (χ4v) is 3.11. The molecule has 0 amide bonds. The number of thiazole rings is 1. The van der Waals surface area contributed by atoms with Gasteiger partial charge in [0.1, 0.15) is 28.5 Å². The van der Waals surface area contributed by atoms with Gasteiger partial charge in [0.05, 0.1) is 12.7 Å². The van der Waals surface area contributed by atoms with Crippen molar-refractivity contribution >= 4 is 17.1 Å². The van der Waals surface area contributed by atoms with Gasteiger partial charge in [-0.1, -0.05) is 0 Å². The maximum atomic E-state index is 12.6. The van der Waals surface area contributed by atoms with Crippen LogP contribution >= 0.6 is 11.3 Å². The van der Waals surface area contributed by atoms with Gasteiger partial charge in [0.15, 0.2) is 5.78 Å². The van der Waals surface area contributed by atoms with Crippen LogP contribution in [0.2, 0.25) is 0 Å². The number of hydrogen-bond donors (Lipinski definition) is 0. The topological polar surface area (TPSA) is 48.4 Å². The van der Waals surface area contributed by atoms with Gasteiger partial charge in [-0.2, -0.15) is 0 Å². The van der Waals surface area contributed by atoms with Crippen LogP contribution in [0.15, 0.2) is 29.8 Å². The maximum absolute atomic E-state index is 12.6. The number of carbonyl (C=O) groups excluding carboxylic acids is 1. The SMILES string of the molecule is COc1ccc2c(c1)C(=O)C(c1nccs1)C(C)O2. The molecule has 2 aromatic rings. The Morgan fingerprint density at radius 2 is 2.26 bits per heavy atom. The first-order chi connectivity index (χ1) is 9.20. The summed E-state index contributed by atoms with van der Waals surface area (Å²) < 4.78 is 11.0. The van der Waals surface area contributed by atoms with E-state index < -0.39 is 0 Å². The molecule has 0 bridgehead atoms. The summed E-state index contributed by atoms with van der Waals surface area (Å²) in [5.41, 5.74) is 0.567. The molecule has 1 aliphatic heterocycles. The third kappa shape index (κ3) is 2.00. The predicted octanol–water partition coefficient (Wildman–Crippen LogP) is 2.90. The molecule has 2 unspecified atom stereocenters. The zero-order chi connectivity index (χ0) is 13.4. The van der Waals surface area contributed by atoms with E-state index in [-0.39, 0.29) is 17.8 Å². The lowest BCUT2D eigenvalue weighted by Crippen LogP contribution is -2.33. The molecule has 1 aromatic carbocycles. The first-order valence-corrected chi connectivity index (χ1v) is 6.87. The quantitative estimate of drug-likeness (QED) is 0.845. The lowest BCUT2D eigenvalue weighted by Gasteiger charge is -2.29. The van der Waals surface area contributed by atoms with Crippen molar-refractivity contribution in [2.24, 2.45) is 0 Å². The minimum Gasteiger partial charge on any atom is -0.497 e. The average molecular weight is 275 g/mol. The van der Waals surface area contributed by atoms with Crippen molar-refractivity contribution in [3.8, 4) is 11.5 Å². The Morgan fingerprint density at radius 3 is 2.95 bits per heavy atom. The number of carbonyl (C=O) groups is 1. The molecule has 2 heterocycles. The lowest BCUT2D eigenvalue weighted by atomic mass is 9.90. The van der Waals surface area contributed by atoms with E-state index >= 15 is 0 Å². The van der Waals surface area contributed by atoms with E-state index in [0.29, 0.717) is 17.1 Å². The molecule has 0 fully saturated rings. The molecular formula is C14H13NO3S. The van der Waals surface area contributed by atoms with Crippen LogP contribution in [-0.2, 0) is 0 Å². The zero-order valence-electron chi connectivity index (χ0n) is 10.6. The number of rotatable bonds is 2. The molecular weight excluding hydrogens is 262 g/mol. The van der Waals surface area contributed by atoms with E-state index in [9.17, 15) is 4.79 Å². The Kier molecular flexibility index (Phi) is 2.98. The summed E-state index contributed by atoms with van der Waals surface area (Å²) in [6.07, 6.45) is 1.50. The summed E-state index contributed by atoms with van der Waals surface area (Å²) in [4.78, 5) is 16.9. The standard InChI is InChI=1S/C14H13NO3S/c1-8-12(14-15-5-6-19-14)13(16)10-7-9(17-2)3-4-11(10)18-8/h3-8,12H,1-2H3. The fraction of sp³-hybridized carbons (Fsp3) is 0.286. The number of ether oxygens (including phenoxy) is 2. The molecule has 0 N–H and O–H groups in total. The van der Waals surface area contributed by atoms with E-state index in [1.807, 2.05) is 12.3 Å². The molecule has 0 aliphatic carbocycles. The molecule has 3 rings (SSSR count). The molecule has 1 aromatic heterocycles. The Morgan fingerprint density at radius 1 is 1.42 bits per heavy atom. The Balaban J connectivity index is 2.06. The Labute approximate surface area is 115 Å². The summed E-state index contributed by atoms with van der Waals surface area (Å²) >= 11 is 1.48. The van der Waals surface area contributed by atoms with Crippen molar-refractivity contribution in [2.45, 2.75) is 18.9 Å². The summed E-state index contributed by atoms with van der Waals surface area (Å²) in [6, 6.07) is 5.30. The third-order valence-electron chi connectivity index (χ3n) is 3.23. The van der Waals surface area contributed by atoms with E-state index in [0.717, 1.165) is 5.01 Å². The van der Waals surface area contributed by atoms with Crippen LogP contribution in [0, 0.1) is 0 Å². The van der Waals surface area contributed by atoms with E-state index in [1.165, 1.54) is 11.3 Å². The van der Waals surface area contributed by atoms with Crippen LogP contribution < -0.4 is 9.47 Å². The maximum Gasteiger partial charge on any atom is 0.180 e. The molecule has 5 heteroatoms. The molecule has 19 heavy (non-hydrogen) atoms. The lowest BCUT2D eigenvalue weighted by molar-refractivity contribution is 0.0809. The van der Waals surface area contributed by atoms with Gasteiger partial charge in [-0.25, -0.2) is 4.98 Å². The summed E-state index contributed by atoms with van der Waals surface area (Å²) in [5.74, 6) is 0.983. The minimum absolute atomic E-state index is 0.0441. The Hall–Kier alpha value is -1.88. The summed E-state index contributed by atoms with van der Waals surface area (Å²) in [7, 11) is 1.58. The number of Topliss-reactive ketones (excluding diaryl/α,β-unsaturated/α-hetero) is 1. The van der Waals surface area contributed by atoms with Crippen molar-refractivity contribution in [1.29, 1.82) is 0 Å². The molecule has 0 saturated heterocycles. The number of fused-ring (bicyclic) bond motifs is 1. The highest BCUT2D eigenvalue weighted by molar-refractivity contribution is 7.09. The highest BCUT2D eigenvalue weighted by Crippen LogP contribution is 2.38. The van der Waals surface area contributed by atoms with Crippen molar-refractivity contribution in [1.82, 2.24) is 4.98 Å². The molecule has 0 spiro atoms. The second-order valence-corrected chi connectivity index (χ2v) is 5.32. The number of methoxy groups -OCH3 is 1. The molecule has 1 aliphatic rings. The predicted molar refractivity (Wildman–Crippen MR) is 72.3 cm³/mol. The van der Waals surface area contributed by atoms with Gasteiger partial charge in [-0.15, -0.1) is 11.3 Å². The third-order valence-corrected chi connectivity index (χ3v) is 4.09. The number of hydrogen-bond acceptors (Lipinski definition) is 5. The highest BCUT2D eigenvalue weighted by Gasteiger charge is 2.37. The van der Waals surface area contributed by atoms with Gasteiger partial charge >= 0.3 is 0 Å². The average Bonchev–Trinajstić information content (AvgIpc) is 2.92. The molecule has 0 radical (unpaired) electrons. The number of aromatic nitrogens is 1. The number of benzene rings is 1. The van der Waals surface area contributed by atoms with Crippen LogP contribution in [-0.4, -0.2) is 24.0 Å². The smallest absolute Gasteiger partial charge is 0.180 e. The monoisotopic (exact) mass is 275 g/mol. The highest BCUT2D eigenvalue weighted by atomic mass is 32.1. The van der Waals surface area contributed by atoms with Gasteiger partial charge in [0, 0.05) is 11.6 Å². The zero-order valence-corrected chi connectivity index (χ0v) is 11.4. The number of ketones is 1. The van der Waals surface area contributed by atoms with Crippen molar-refractivity contribution in [3.05, 3.63) is 40.3 Å². The fourth-order valence-electron chi connectivity index (χ4n) is 2.28. The number of nitrogens with zero attached hydrogens (tertiary/aromatic N) is 1. The van der Waals surface area contributed by atoms with Gasteiger partial charge in [-0.05, 0) is 25.1 Å². The van der Waals surface area contributed by atoms with Gasteiger partial charge < -0.3 is 9.47 Å². The van der Waals surface area contributed by atoms with Gasteiger partial charge in [0.2, 0.25) is 0 Å². The molecule has 98 valence electrons. The summed E-state index contributed by atoms with van der Waals surface area (Å²) in [5, 5.41) is 2.67.